The van der Waals surface area contributed by atoms with E-state index in [1.54, 1.807) is 0 Å². The summed E-state index contributed by atoms with van der Waals surface area (Å²) in [4.78, 5) is 14.1. The quantitative estimate of drug-likeness (QED) is 0.867. The van der Waals surface area contributed by atoms with Crippen molar-refractivity contribution in [1.29, 1.82) is 0 Å². The molecule has 118 valence electrons. The molecule has 1 aromatic heterocycles. The highest BCUT2D eigenvalue weighted by molar-refractivity contribution is 5.74. The van der Waals surface area contributed by atoms with Gasteiger partial charge in [0.2, 0.25) is 0 Å². The van der Waals surface area contributed by atoms with Crippen LogP contribution in [0.5, 0.6) is 0 Å². The van der Waals surface area contributed by atoms with Crippen molar-refractivity contribution in [2.75, 3.05) is 32.8 Å². The number of furan rings is 1. The third-order valence-corrected chi connectivity index (χ3v) is 3.45. The van der Waals surface area contributed by atoms with E-state index in [9.17, 15) is 4.79 Å². The van der Waals surface area contributed by atoms with Gasteiger partial charge >= 0.3 is 6.03 Å². The zero-order valence-electron chi connectivity index (χ0n) is 13.0. The number of ether oxygens (including phenoxy) is 1. The highest BCUT2D eigenvalue weighted by atomic mass is 16.5. The van der Waals surface area contributed by atoms with E-state index in [1.807, 2.05) is 32.9 Å². The smallest absolute Gasteiger partial charge is 0.315 e. The number of rotatable bonds is 5. The summed E-state index contributed by atoms with van der Waals surface area (Å²) >= 11 is 0. The number of carbonyl (C=O) groups excluding carboxylic acids is 1. The third kappa shape index (κ3) is 4.75. The summed E-state index contributed by atoms with van der Waals surface area (Å²) in [5, 5.41) is 5.76. The van der Waals surface area contributed by atoms with Crippen molar-refractivity contribution in [1.82, 2.24) is 15.5 Å². The summed E-state index contributed by atoms with van der Waals surface area (Å²) in [6, 6.07) is 3.96. The van der Waals surface area contributed by atoms with Gasteiger partial charge in [-0.15, -0.1) is 0 Å². The molecule has 2 heterocycles. The van der Waals surface area contributed by atoms with Crippen LogP contribution in [0.1, 0.15) is 31.4 Å². The zero-order valence-corrected chi connectivity index (χ0v) is 13.0. The summed E-state index contributed by atoms with van der Waals surface area (Å²) in [6.45, 7) is 9.45. The summed E-state index contributed by atoms with van der Waals surface area (Å²) in [5.41, 5.74) is 0. The van der Waals surface area contributed by atoms with Crippen LogP contribution in [0.15, 0.2) is 16.5 Å². The highest BCUT2D eigenvalue weighted by Gasteiger charge is 2.25. The van der Waals surface area contributed by atoms with E-state index in [0.29, 0.717) is 19.8 Å². The Morgan fingerprint density at radius 2 is 2.05 bits per heavy atom. The Morgan fingerprint density at radius 3 is 2.62 bits per heavy atom. The summed E-state index contributed by atoms with van der Waals surface area (Å²) in [6.07, 6.45) is 0. The molecule has 21 heavy (non-hydrogen) atoms. The molecule has 1 atom stereocenters. The fourth-order valence-electron chi connectivity index (χ4n) is 2.43. The van der Waals surface area contributed by atoms with Crippen LogP contribution < -0.4 is 10.6 Å². The van der Waals surface area contributed by atoms with E-state index in [-0.39, 0.29) is 18.1 Å². The van der Waals surface area contributed by atoms with Crippen molar-refractivity contribution < 1.29 is 13.9 Å². The maximum Gasteiger partial charge on any atom is 0.315 e. The van der Waals surface area contributed by atoms with Gasteiger partial charge in [-0.05, 0) is 32.9 Å². The first-order valence-corrected chi connectivity index (χ1v) is 7.48. The number of amides is 2. The highest BCUT2D eigenvalue weighted by Crippen LogP contribution is 2.23. The predicted octanol–water partition coefficient (Wildman–Crippen LogP) is 1.67. The Morgan fingerprint density at radius 1 is 1.33 bits per heavy atom. The molecule has 0 bridgehead atoms. The van der Waals surface area contributed by atoms with Crippen LogP contribution >= 0.6 is 0 Å². The molecule has 0 radical (unpaired) electrons. The van der Waals surface area contributed by atoms with Gasteiger partial charge in [-0.3, -0.25) is 4.90 Å². The van der Waals surface area contributed by atoms with Crippen LogP contribution in [0.25, 0.3) is 0 Å². The number of nitrogens with one attached hydrogen (secondary N) is 2. The van der Waals surface area contributed by atoms with Crippen molar-refractivity contribution in [3.63, 3.8) is 0 Å². The summed E-state index contributed by atoms with van der Waals surface area (Å²) in [5.74, 6) is 1.77. The summed E-state index contributed by atoms with van der Waals surface area (Å²) in [7, 11) is 0. The standard InChI is InChI=1S/C15H25N3O3/c1-11(2)17-15(19)16-10-13(14-5-4-12(3)21-14)18-6-8-20-9-7-18/h4-5,11,13H,6-10H2,1-3H3,(H2,16,17,19). The Balaban J connectivity index is 1.99. The van der Waals surface area contributed by atoms with Crippen LogP contribution in [0.4, 0.5) is 4.79 Å². The molecule has 1 unspecified atom stereocenters. The lowest BCUT2D eigenvalue weighted by atomic mass is 10.1. The fourth-order valence-corrected chi connectivity index (χ4v) is 2.43. The van der Waals surface area contributed by atoms with Crippen LogP contribution in [-0.2, 0) is 4.74 Å². The number of nitrogens with zero attached hydrogens (tertiary/aromatic N) is 1. The second-order valence-corrected chi connectivity index (χ2v) is 5.62. The van der Waals surface area contributed by atoms with E-state index in [0.717, 1.165) is 24.6 Å². The molecule has 1 saturated heterocycles. The average Bonchev–Trinajstić information content (AvgIpc) is 2.86. The molecule has 2 rings (SSSR count). The van der Waals surface area contributed by atoms with Gasteiger partial charge < -0.3 is 19.8 Å². The zero-order chi connectivity index (χ0) is 15.2. The van der Waals surface area contributed by atoms with Gasteiger partial charge in [-0.1, -0.05) is 0 Å². The Hall–Kier alpha value is -1.53. The van der Waals surface area contributed by atoms with Crippen molar-refractivity contribution in [2.45, 2.75) is 32.9 Å². The number of hydrogen-bond donors (Lipinski definition) is 2. The van der Waals surface area contributed by atoms with Crippen molar-refractivity contribution >= 4 is 6.03 Å². The normalized spacial score (nSPS) is 17.7. The lowest BCUT2D eigenvalue weighted by Crippen LogP contribution is -2.46. The SMILES string of the molecule is Cc1ccc(C(CNC(=O)NC(C)C)N2CCOCC2)o1. The largest absolute Gasteiger partial charge is 0.465 e. The minimum Gasteiger partial charge on any atom is -0.465 e. The molecule has 0 saturated carbocycles. The molecule has 1 aliphatic heterocycles. The van der Waals surface area contributed by atoms with Gasteiger partial charge in [0.05, 0.1) is 19.3 Å². The van der Waals surface area contributed by atoms with E-state index < -0.39 is 0 Å². The van der Waals surface area contributed by atoms with E-state index in [2.05, 4.69) is 15.5 Å². The molecule has 1 aliphatic rings. The Labute approximate surface area is 125 Å². The van der Waals surface area contributed by atoms with Crippen LogP contribution in [0.2, 0.25) is 0 Å². The number of aryl methyl sites for hydroxylation is 1. The molecule has 2 N–H and O–H groups in total. The molecule has 6 heteroatoms. The topological polar surface area (TPSA) is 66.7 Å². The lowest BCUT2D eigenvalue weighted by Gasteiger charge is -2.33. The predicted molar refractivity (Wildman–Crippen MR) is 80.2 cm³/mol. The van der Waals surface area contributed by atoms with Gasteiger partial charge in [0, 0.05) is 25.7 Å². The Kier molecular flexibility index (Phi) is 5.64. The number of hydrogen-bond acceptors (Lipinski definition) is 4. The number of carbonyl (C=O) groups is 1. The minimum absolute atomic E-state index is 0.0421. The minimum atomic E-state index is -0.147. The first kappa shape index (κ1) is 15.9. The van der Waals surface area contributed by atoms with Crippen molar-refractivity contribution in [3.05, 3.63) is 23.7 Å². The lowest BCUT2D eigenvalue weighted by molar-refractivity contribution is 0.0121. The second kappa shape index (κ2) is 7.47. The van der Waals surface area contributed by atoms with Gasteiger partial charge in [0.1, 0.15) is 11.5 Å². The summed E-state index contributed by atoms with van der Waals surface area (Å²) < 4.78 is 11.2. The second-order valence-electron chi connectivity index (χ2n) is 5.62. The molecule has 6 nitrogen and oxygen atoms in total. The first-order chi connectivity index (χ1) is 10.1. The molecule has 2 amide bonds. The van der Waals surface area contributed by atoms with Gasteiger partial charge in [-0.2, -0.15) is 0 Å². The molecule has 0 aliphatic carbocycles. The molecule has 1 fully saturated rings. The van der Waals surface area contributed by atoms with Gasteiger partial charge in [0.25, 0.3) is 0 Å². The van der Waals surface area contributed by atoms with Crippen LogP contribution in [0.3, 0.4) is 0 Å². The third-order valence-electron chi connectivity index (χ3n) is 3.45. The molecule has 0 spiro atoms. The van der Waals surface area contributed by atoms with E-state index in [4.69, 9.17) is 9.15 Å². The maximum absolute atomic E-state index is 11.8. The van der Waals surface area contributed by atoms with Crippen molar-refractivity contribution in [3.8, 4) is 0 Å². The monoisotopic (exact) mass is 295 g/mol. The van der Waals surface area contributed by atoms with Crippen LogP contribution in [0, 0.1) is 6.92 Å². The molecule has 1 aromatic rings. The number of morpholine rings is 1. The van der Waals surface area contributed by atoms with Gasteiger partial charge in [0.15, 0.2) is 0 Å². The maximum atomic E-state index is 11.8. The van der Waals surface area contributed by atoms with Gasteiger partial charge in [-0.25, -0.2) is 4.79 Å². The molecule has 0 aromatic carbocycles. The van der Waals surface area contributed by atoms with E-state index in [1.165, 1.54) is 0 Å². The average molecular weight is 295 g/mol. The molecular formula is C15H25N3O3. The van der Waals surface area contributed by atoms with Crippen molar-refractivity contribution in [2.24, 2.45) is 0 Å². The molecular weight excluding hydrogens is 270 g/mol. The van der Waals surface area contributed by atoms with Crippen LogP contribution in [-0.4, -0.2) is 49.8 Å². The first-order valence-electron chi connectivity index (χ1n) is 7.48. The van der Waals surface area contributed by atoms with E-state index >= 15 is 0 Å². The number of urea groups is 1. The Bertz CT molecular complexity index is 453. The fraction of sp³-hybridized carbons (Fsp3) is 0.667.